The first kappa shape index (κ1) is 26.7. The summed E-state index contributed by atoms with van der Waals surface area (Å²) in [5, 5.41) is 11.2. The average molecular weight is 503 g/mol. The van der Waals surface area contributed by atoms with Crippen LogP contribution in [0.1, 0.15) is 74.1 Å². The van der Waals surface area contributed by atoms with E-state index < -0.39 is 56.1 Å². The van der Waals surface area contributed by atoms with Crippen molar-refractivity contribution in [2.75, 3.05) is 7.11 Å². The molecule has 0 aromatic rings. The van der Waals surface area contributed by atoms with E-state index in [9.17, 15) is 29.1 Å². The fraction of sp³-hybridized carbons (Fsp3) is 0.750. The summed E-state index contributed by atoms with van der Waals surface area (Å²) in [7, 11) is 1.18. The van der Waals surface area contributed by atoms with Gasteiger partial charge in [-0.25, -0.2) is 0 Å². The van der Waals surface area contributed by atoms with Gasteiger partial charge in [0, 0.05) is 17.8 Å². The molecule has 1 N–H and O–H groups in total. The largest absolute Gasteiger partial charge is 0.468 e. The number of esters is 2. The summed E-state index contributed by atoms with van der Waals surface area (Å²) in [6, 6.07) is 0. The quantitative estimate of drug-likeness (QED) is 0.270. The molecule has 0 spiro atoms. The number of aliphatic hydroxyl groups is 1. The third-order valence-electron chi connectivity index (χ3n) is 10.9. The molecule has 8 nitrogen and oxygen atoms in total. The lowest BCUT2D eigenvalue weighted by molar-refractivity contribution is -0.217. The van der Waals surface area contributed by atoms with E-state index in [1.165, 1.54) is 14.0 Å². The highest BCUT2D eigenvalue weighted by Crippen LogP contribution is 2.76. The van der Waals surface area contributed by atoms with Crippen LogP contribution in [-0.4, -0.2) is 53.7 Å². The molecule has 0 aromatic heterocycles. The number of aldehydes is 1. The number of carbonyl (C=O) groups excluding carboxylic acids is 5. The summed E-state index contributed by atoms with van der Waals surface area (Å²) >= 11 is 0. The second-order valence-corrected chi connectivity index (χ2v) is 12.6. The lowest BCUT2D eigenvalue weighted by Gasteiger charge is -2.67. The van der Waals surface area contributed by atoms with E-state index in [-0.39, 0.29) is 18.0 Å². The van der Waals surface area contributed by atoms with Gasteiger partial charge in [-0.15, -0.1) is 0 Å². The predicted octanol–water partition coefficient (Wildman–Crippen LogP) is 2.98. The molecule has 4 rings (SSSR count). The summed E-state index contributed by atoms with van der Waals surface area (Å²) < 4.78 is 10.9. The molecular weight excluding hydrogens is 464 g/mol. The highest BCUT2D eigenvalue weighted by Gasteiger charge is 2.85. The number of Topliss-reactive ketones (excluding diaryl/α,β-unsaturated/α-hetero) is 2. The molecule has 0 saturated heterocycles. The first-order valence-corrected chi connectivity index (χ1v) is 12.7. The van der Waals surface area contributed by atoms with Gasteiger partial charge in [0.2, 0.25) is 0 Å². The van der Waals surface area contributed by atoms with Crippen molar-refractivity contribution < 1.29 is 38.6 Å². The molecule has 4 aliphatic carbocycles. The summed E-state index contributed by atoms with van der Waals surface area (Å²) in [6.45, 7) is 11.6. The summed E-state index contributed by atoms with van der Waals surface area (Å²) in [5.74, 6) is -3.58. The third-order valence-corrected chi connectivity index (χ3v) is 10.9. The van der Waals surface area contributed by atoms with Crippen molar-refractivity contribution in [2.24, 2.45) is 38.9 Å². The van der Waals surface area contributed by atoms with E-state index in [1.54, 1.807) is 20.8 Å². The second kappa shape index (κ2) is 7.59. The Hall–Kier alpha value is -2.35. The molecule has 36 heavy (non-hydrogen) atoms. The number of methoxy groups -OCH3 is 1. The zero-order valence-corrected chi connectivity index (χ0v) is 22.5. The van der Waals surface area contributed by atoms with Crippen LogP contribution in [0.2, 0.25) is 0 Å². The molecule has 0 heterocycles. The van der Waals surface area contributed by atoms with E-state index >= 15 is 0 Å². The number of hydrogen-bond donors (Lipinski definition) is 1. The number of hydrogen-bond acceptors (Lipinski definition) is 8. The molecule has 198 valence electrons. The molecule has 0 amide bonds. The second-order valence-electron chi connectivity index (χ2n) is 12.6. The normalized spacial score (nSPS) is 47.1. The minimum atomic E-state index is -2.37. The van der Waals surface area contributed by atoms with Crippen molar-refractivity contribution >= 4 is 29.8 Å². The van der Waals surface area contributed by atoms with Crippen LogP contribution in [0.3, 0.4) is 0 Å². The van der Waals surface area contributed by atoms with Crippen molar-refractivity contribution in [1.82, 2.24) is 0 Å². The van der Waals surface area contributed by atoms with Crippen LogP contribution in [0.5, 0.6) is 0 Å². The smallest absolute Gasteiger partial charge is 0.321 e. The monoisotopic (exact) mass is 502 g/mol. The topological polar surface area (TPSA) is 124 Å². The van der Waals surface area contributed by atoms with Crippen molar-refractivity contribution in [3.8, 4) is 0 Å². The Morgan fingerprint density at radius 2 is 1.67 bits per heavy atom. The highest BCUT2D eigenvalue weighted by atomic mass is 16.5. The Bertz CT molecular complexity index is 1100. The molecule has 0 aromatic carbocycles. The van der Waals surface area contributed by atoms with E-state index in [2.05, 4.69) is 0 Å². The van der Waals surface area contributed by atoms with Crippen molar-refractivity contribution in [3.63, 3.8) is 0 Å². The summed E-state index contributed by atoms with van der Waals surface area (Å²) in [6.07, 6.45) is 4.16. The number of ketones is 2. The maximum Gasteiger partial charge on any atom is 0.321 e. The SMILES string of the molecule is COC(=O)[C@@]12C(=O)[C@@](C)(O)C(=O)[C@@]1(C)C(C)=C[C@H]1[C@@]3(C=O)CC[C@H](OC(C)=O)C(C)(C)[C@H]3CC[C@]12C. The van der Waals surface area contributed by atoms with Gasteiger partial charge in [0.15, 0.2) is 22.6 Å². The number of fused-ring (bicyclic) bond motifs is 5. The fourth-order valence-corrected chi connectivity index (χ4v) is 9.19. The van der Waals surface area contributed by atoms with Crippen LogP contribution in [0, 0.1) is 38.9 Å². The minimum Gasteiger partial charge on any atom is -0.468 e. The molecule has 8 heteroatoms. The molecule has 8 atom stereocenters. The lowest BCUT2D eigenvalue weighted by Crippen LogP contribution is -2.70. The fourth-order valence-electron chi connectivity index (χ4n) is 9.19. The third kappa shape index (κ3) is 2.61. The predicted molar refractivity (Wildman–Crippen MR) is 128 cm³/mol. The molecule has 0 aliphatic heterocycles. The molecular formula is C28H38O8. The van der Waals surface area contributed by atoms with Gasteiger partial charge in [-0.2, -0.15) is 0 Å². The highest BCUT2D eigenvalue weighted by molar-refractivity contribution is 6.30. The van der Waals surface area contributed by atoms with Gasteiger partial charge >= 0.3 is 11.9 Å². The van der Waals surface area contributed by atoms with Gasteiger partial charge in [-0.05, 0) is 63.7 Å². The lowest BCUT2D eigenvalue weighted by atomic mass is 9.34. The van der Waals surface area contributed by atoms with Crippen LogP contribution >= 0.6 is 0 Å². The number of carbonyl (C=O) groups is 5. The van der Waals surface area contributed by atoms with Gasteiger partial charge in [0.1, 0.15) is 12.4 Å². The zero-order chi connectivity index (χ0) is 27.3. The molecule has 3 fully saturated rings. The summed E-state index contributed by atoms with van der Waals surface area (Å²) in [4.78, 5) is 66.6. The maximum absolute atomic E-state index is 14.1. The standard InChI is InChI=1S/C28H38O8/c1-15-13-18-24(5,28(22(33)35-8)21(32)26(7,34)20(31)25(15,28)6)11-9-17-23(3,4)19(36-16(2)30)10-12-27(17,18)14-29/h13-14,17-19,34H,9-12H2,1-8H3/t17-,18-,19+,24-,25-,26+,27-,28-/m1/s1. The van der Waals surface area contributed by atoms with Crippen LogP contribution < -0.4 is 0 Å². The Morgan fingerprint density at radius 1 is 1.06 bits per heavy atom. The first-order valence-electron chi connectivity index (χ1n) is 12.7. The van der Waals surface area contributed by atoms with Crippen LogP contribution in [0.15, 0.2) is 11.6 Å². The Kier molecular flexibility index (Phi) is 5.63. The van der Waals surface area contributed by atoms with Crippen LogP contribution in [0.25, 0.3) is 0 Å². The molecule has 0 bridgehead atoms. The maximum atomic E-state index is 14.1. The van der Waals surface area contributed by atoms with Crippen LogP contribution in [-0.2, 0) is 33.4 Å². The number of rotatable bonds is 3. The first-order chi connectivity index (χ1) is 16.5. The Balaban J connectivity index is 2.01. The van der Waals surface area contributed by atoms with Crippen molar-refractivity contribution in [3.05, 3.63) is 11.6 Å². The van der Waals surface area contributed by atoms with E-state index in [0.29, 0.717) is 31.3 Å². The zero-order valence-electron chi connectivity index (χ0n) is 22.5. The van der Waals surface area contributed by atoms with E-state index in [1.807, 2.05) is 19.9 Å². The molecule has 0 unspecified atom stereocenters. The number of ether oxygens (including phenoxy) is 2. The summed E-state index contributed by atoms with van der Waals surface area (Å²) in [5.41, 5.74) is -8.18. The number of allylic oxidation sites excluding steroid dienone is 2. The van der Waals surface area contributed by atoms with Crippen molar-refractivity contribution in [1.29, 1.82) is 0 Å². The van der Waals surface area contributed by atoms with Gasteiger partial charge in [0.05, 0.1) is 12.5 Å². The average Bonchev–Trinajstić information content (AvgIpc) is 2.93. The van der Waals surface area contributed by atoms with E-state index in [0.717, 1.165) is 13.2 Å². The molecule has 0 radical (unpaired) electrons. The minimum absolute atomic E-state index is 0.200. The molecule has 3 saturated carbocycles. The van der Waals surface area contributed by atoms with Gasteiger partial charge in [-0.3, -0.25) is 19.2 Å². The Labute approximate surface area is 212 Å². The van der Waals surface area contributed by atoms with Gasteiger partial charge < -0.3 is 19.4 Å². The van der Waals surface area contributed by atoms with E-state index in [4.69, 9.17) is 9.47 Å². The van der Waals surface area contributed by atoms with Gasteiger partial charge in [0.25, 0.3) is 0 Å². The van der Waals surface area contributed by atoms with Crippen molar-refractivity contribution in [2.45, 2.75) is 85.9 Å². The van der Waals surface area contributed by atoms with Gasteiger partial charge in [-0.1, -0.05) is 32.4 Å². The van der Waals surface area contributed by atoms with Crippen LogP contribution in [0.4, 0.5) is 0 Å². The Morgan fingerprint density at radius 3 is 2.19 bits per heavy atom. The molecule has 4 aliphatic rings.